The number of hydrogen-bond donors (Lipinski definition) is 1. The van der Waals surface area contributed by atoms with Crippen molar-refractivity contribution in [3.05, 3.63) is 158 Å². The van der Waals surface area contributed by atoms with Crippen LogP contribution >= 0.6 is 0 Å². The standard InChI is InChI=1S/C80H131NO8/c1-6-8-10-12-14-16-18-20-22-24-26-28-30-32-34-36-37-38-39-40-41-43-44-46-48-50-52-54-56-58-60-62-64-66-68-70-77(82)87-74-76(75-88-80(79(84)85)86-73-72-81(3,4)5)89-78(83)71-69-67-65-63-61-59-57-55-53-51-49-47-45-42-35-33-31-29-27-25-23-21-19-17-15-13-11-9-7-2/h8-11,14-17,20-23,26-29,32-35,45,47,51,53,57,59,76,80H,6-7,12-13,18-19,24-25,30-31,36-44,46,48-50,52,54-56,58,60-75H2,1-5H3/p+1/b10-8-,11-9-,16-14-,17-15-,22-20-,23-21-,28-26-,29-27-,34-32-,35-33-,47-45-,53-51-,59-57-. The van der Waals surface area contributed by atoms with Crippen molar-refractivity contribution in [3.8, 4) is 0 Å². The highest BCUT2D eigenvalue weighted by Crippen LogP contribution is 2.17. The Morgan fingerprint density at radius 1 is 0.337 bits per heavy atom. The van der Waals surface area contributed by atoms with Crippen molar-refractivity contribution < 1.29 is 42.9 Å². The van der Waals surface area contributed by atoms with Crippen LogP contribution in [0.3, 0.4) is 0 Å². The Balaban J connectivity index is 4.17. The lowest BCUT2D eigenvalue weighted by atomic mass is 10.0. The van der Waals surface area contributed by atoms with Crippen LogP contribution in [0.15, 0.2) is 158 Å². The van der Waals surface area contributed by atoms with E-state index in [-0.39, 0.29) is 38.6 Å². The maximum atomic E-state index is 12.9. The molecule has 0 aliphatic heterocycles. The van der Waals surface area contributed by atoms with Gasteiger partial charge in [0, 0.05) is 12.8 Å². The molecular formula is C80H132NO8+. The highest BCUT2D eigenvalue weighted by molar-refractivity contribution is 5.71. The molecule has 0 radical (unpaired) electrons. The number of rotatable bonds is 64. The Bertz CT molecular complexity index is 2020. The molecule has 0 heterocycles. The average Bonchev–Trinajstić information content (AvgIpc) is 3.71. The first-order valence-corrected chi connectivity index (χ1v) is 35.6. The molecule has 9 nitrogen and oxygen atoms in total. The number of allylic oxidation sites excluding steroid dienone is 26. The second kappa shape index (κ2) is 68.8. The van der Waals surface area contributed by atoms with Crippen LogP contribution in [0.4, 0.5) is 0 Å². The van der Waals surface area contributed by atoms with Gasteiger partial charge in [0.25, 0.3) is 6.29 Å². The van der Waals surface area contributed by atoms with Gasteiger partial charge in [-0.05, 0) is 122 Å². The van der Waals surface area contributed by atoms with E-state index in [1.54, 1.807) is 0 Å². The minimum atomic E-state index is -1.53. The van der Waals surface area contributed by atoms with Crippen LogP contribution in [0.25, 0.3) is 0 Å². The van der Waals surface area contributed by atoms with E-state index < -0.39 is 24.3 Å². The van der Waals surface area contributed by atoms with Crippen LogP contribution in [0, 0.1) is 0 Å². The highest BCUT2D eigenvalue weighted by atomic mass is 16.7. The van der Waals surface area contributed by atoms with Crippen LogP contribution in [0.5, 0.6) is 0 Å². The number of aliphatic carboxylic acids is 1. The SMILES string of the molecule is CC/C=C\C/C=C\C/C=C\C/C=C\C/C=C\C/C=C\C/C=C\C/C=C\CCCCCCC(=O)OC(COC(=O)CCCCCCCCCCCCCCCCCCCCC/C=C\C/C=C\C/C=C\C/C=C\C/C=C\CC)COC(OCC[N+](C)(C)C)C(=O)O. The number of hydrogen-bond acceptors (Lipinski definition) is 7. The van der Waals surface area contributed by atoms with Gasteiger partial charge >= 0.3 is 17.9 Å². The quantitative estimate of drug-likeness (QED) is 0.0211. The fourth-order valence-electron chi connectivity index (χ4n) is 9.41. The second-order valence-electron chi connectivity index (χ2n) is 24.4. The molecular weight excluding hydrogens is 1100 g/mol. The third kappa shape index (κ3) is 70.2. The largest absolute Gasteiger partial charge is 0.477 e. The van der Waals surface area contributed by atoms with Crippen LogP contribution in [0.2, 0.25) is 0 Å². The first kappa shape index (κ1) is 83.9. The Morgan fingerprint density at radius 2 is 0.607 bits per heavy atom. The van der Waals surface area contributed by atoms with Crippen LogP contribution in [0.1, 0.15) is 271 Å². The molecule has 0 bridgehead atoms. The third-order valence-electron chi connectivity index (χ3n) is 14.8. The fourth-order valence-corrected chi connectivity index (χ4v) is 9.41. The van der Waals surface area contributed by atoms with E-state index in [0.29, 0.717) is 17.4 Å². The molecule has 2 atom stereocenters. The zero-order valence-corrected chi connectivity index (χ0v) is 57.5. The van der Waals surface area contributed by atoms with Crippen molar-refractivity contribution in [1.82, 2.24) is 0 Å². The maximum absolute atomic E-state index is 12.9. The maximum Gasteiger partial charge on any atom is 0.361 e. The number of carboxylic acid groups (broad SMARTS) is 1. The number of likely N-dealkylation sites (N-methyl/N-ethyl adjacent to an activating group) is 1. The van der Waals surface area contributed by atoms with E-state index in [9.17, 15) is 19.5 Å². The van der Waals surface area contributed by atoms with Gasteiger partial charge in [0.15, 0.2) is 6.10 Å². The lowest BCUT2D eigenvalue weighted by Crippen LogP contribution is -2.40. The van der Waals surface area contributed by atoms with Crippen LogP contribution in [-0.4, -0.2) is 87.4 Å². The number of unbranched alkanes of at least 4 members (excludes halogenated alkanes) is 23. The van der Waals surface area contributed by atoms with Gasteiger partial charge in [-0.2, -0.15) is 0 Å². The van der Waals surface area contributed by atoms with Gasteiger partial charge in [0.1, 0.15) is 13.2 Å². The highest BCUT2D eigenvalue weighted by Gasteiger charge is 2.25. The van der Waals surface area contributed by atoms with E-state index in [2.05, 4.69) is 172 Å². The number of carbonyl (C=O) groups is 3. The lowest BCUT2D eigenvalue weighted by Gasteiger charge is -2.25. The molecule has 0 amide bonds. The summed E-state index contributed by atoms with van der Waals surface area (Å²) in [6, 6.07) is 0. The third-order valence-corrected chi connectivity index (χ3v) is 14.8. The van der Waals surface area contributed by atoms with Crippen molar-refractivity contribution in [3.63, 3.8) is 0 Å². The van der Waals surface area contributed by atoms with Crippen molar-refractivity contribution >= 4 is 17.9 Å². The molecule has 0 aliphatic rings. The van der Waals surface area contributed by atoms with Gasteiger partial charge in [-0.25, -0.2) is 4.79 Å². The lowest BCUT2D eigenvalue weighted by molar-refractivity contribution is -0.870. The first-order valence-electron chi connectivity index (χ1n) is 35.6. The summed E-state index contributed by atoms with van der Waals surface area (Å²) in [7, 11) is 5.96. The Kier molecular flexibility index (Phi) is 64.9. The van der Waals surface area contributed by atoms with E-state index in [4.69, 9.17) is 18.9 Å². The molecule has 0 spiro atoms. The number of ether oxygens (including phenoxy) is 4. The monoisotopic (exact) mass is 1230 g/mol. The smallest absolute Gasteiger partial charge is 0.361 e. The molecule has 9 heteroatoms. The van der Waals surface area contributed by atoms with Gasteiger partial charge in [-0.3, -0.25) is 9.59 Å². The summed E-state index contributed by atoms with van der Waals surface area (Å²) in [6.45, 7) is 4.62. The summed E-state index contributed by atoms with van der Waals surface area (Å²) in [6.07, 6.45) is 99.3. The molecule has 0 aromatic rings. The minimum Gasteiger partial charge on any atom is -0.477 e. The molecule has 89 heavy (non-hydrogen) atoms. The number of quaternary nitrogens is 1. The Hall–Kier alpha value is -5.09. The normalized spacial score (nSPS) is 13.7. The molecule has 0 rings (SSSR count). The van der Waals surface area contributed by atoms with Crippen molar-refractivity contribution in [2.75, 3.05) is 47.5 Å². The molecule has 0 aromatic carbocycles. The summed E-state index contributed by atoms with van der Waals surface area (Å²) in [4.78, 5) is 37.6. The molecule has 0 saturated carbocycles. The predicted molar refractivity (Wildman–Crippen MR) is 382 cm³/mol. The summed E-state index contributed by atoms with van der Waals surface area (Å²) in [5, 5.41) is 9.75. The number of nitrogens with zero attached hydrogens (tertiary/aromatic N) is 1. The first-order chi connectivity index (χ1) is 43.6. The van der Waals surface area contributed by atoms with Gasteiger partial charge in [-0.15, -0.1) is 0 Å². The summed E-state index contributed by atoms with van der Waals surface area (Å²) >= 11 is 0. The summed E-state index contributed by atoms with van der Waals surface area (Å²) < 4.78 is 22.9. The van der Waals surface area contributed by atoms with Gasteiger partial charge in [0.05, 0.1) is 34.4 Å². The second-order valence-corrected chi connectivity index (χ2v) is 24.4. The van der Waals surface area contributed by atoms with E-state index in [0.717, 1.165) is 128 Å². The fraction of sp³-hybridized carbons (Fsp3) is 0.637. The molecule has 0 fully saturated rings. The molecule has 504 valence electrons. The Labute approximate surface area is 546 Å². The van der Waals surface area contributed by atoms with Crippen molar-refractivity contribution in [1.29, 1.82) is 0 Å². The Morgan fingerprint density at radius 3 is 0.899 bits per heavy atom. The summed E-state index contributed by atoms with van der Waals surface area (Å²) in [5.74, 6) is -2.05. The van der Waals surface area contributed by atoms with Gasteiger partial charge < -0.3 is 28.5 Å². The average molecular weight is 1240 g/mol. The topological polar surface area (TPSA) is 108 Å². The molecule has 0 aliphatic carbocycles. The zero-order valence-electron chi connectivity index (χ0n) is 57.5. The van der Waals surface area contributed by atoms with E-state index >= 15 is 0 Å². The molecule has 2 unspecified atom stereocenters. The van der Waals surface area contributed by atoms with Crippen LogP contribution < -0.4 is 0 Å². The zero-order chi connectivity index (χ0) is 64.7. The number of carboxylic acids is 1. The predicted octanol–water partition coefficient (Wildman–Crippen LogP) is 22.5. The van der Waals surface area contributed by atoms with E-state index in [1.807, 2.05) is 21.1 Å². The van der Waals surface area contributed by atoms with Gasteiger partial charge in [-0.1, -0.05) is 294 Å². The summed E-state index contributed by atoms with van der Waals surface area (Å²) in [5.41, 5.74) is 0. The van der Waals surface area contributed by atoms with Crippen molar-refractivity contribution in [2.24, 2.45) is 0 Å². The molecule has 0 aromatic heterocycles. The van der Waals surface area contributed by atoms with E-state index in [1.165, 1.54) is 109 Å². The van der Waals surface area contributed by atoms with Crippen LogP contribution in [-0.2, 0) is 33.3 Å². The number of carbonyl (C=O) groups excluding carboxylic acids is 2. The molecule has 1 N–H and O–H groups in total. The minimum absolute atomic E-state index is 0.175. The molecule has 0 saturated heterocycles. The van der Waals surface area contributed by atoms with Gasteiger partial charge in [0.2, 0.25) is 0 Å². The van der Waals surface area contributed by atoms with Crippen molar-refractivity contribution in [2.45, 2.75) is 283 Å². The number of esters is 2.